The van der Waals surface area contributed by atoms with Crippen molar-refractivity contribution in [2.75, 3.05) is 7.11 Å². The van der Waals surface area contributed by atoms with Gasteiger partial charge in [-0.15, -0.1) is 0 Å². The first-order chi connectivity index (χ1) is 7.80. The van der Waals surface area contributed by atoms with Crippen molar-refractivity contribution in [2.24, 2.45) is 0 Å². The lowest BCUT2D eigenvalue weighted by Crippen LogP contribution is -1.82. The van der Waals surface area contributed by atoms with Gasteiger partial charge in [0, 0.05) is 9.80 Å². The molecule has 0 spiro atoms. The average molecular weight is 232 g/mol. The molecule has 0 amide bonds. The van der Waals surface area contributed by atoms with Gasteiger partial charge in [-0.3, -0.25) is 0 Å². The van der Waals surface area contributed by atoms with Gasteiger partial charge in [-0.1, -0.05) is 42.6 Å². The van der Waals surface area contributed by atoms with Crippen LogP contribution in [0.4, 0.5) is 0 Å². The molecule has 16 heavy (non-hydrogen) atoms. The summed E-state index contributed by atoms with van der Waals surface area (Å²) in [6.45, 7) is 5.71. The van der Waals surface area contributed by atoms with Crippen molar-refractivity contribution < 1.29 is 4.74 Å². The molecule has 0 saturated heterocycles. The van der Waals surface area contributed by atoms with Crippen molar-refractivity contribution in [3.05, 3.63) is 65.8 Å². The molecule has 1 nitrogen and oxygen atoms in total. The normalized spacial score (nSPS) is 12.4. The van der Waals surface area contributed by atoms with Crippen LogP contribution in [0.15, 0.2) is 70.7 Å². The third kappa shape index (κ3) is 3.99. The second-order valence-corrected chi connectivity index (χ2v) is 4.21. The molecule has 1 rings (SSSR count). The molecule has 1 aromatic rings. The van der Waals surface area contributed by atoms with E-state index >= 15 is 0 Å². The molecule has 0 saturated carbocycles. The maximum absolute atomic E-state index is 5.16. The first-order valence-corrected chi connectivity index (χ1v) is 5.89. The summed E-state index contributed by atoms with van der Waals surface area (Å²) >= 11 is 1.70. The molecule has 0 fully saturated rings. The predicted octanol–water partition coefficient (Wildman–Crippen LogP) is 4.40. The summed E-state index contributed by atoms with van der Waals surface area (Å²) in [6, 6.07) is 10.2. The molecule has 0 aliphatic rings. The fourth-order valence-corrected chi connectivity index (χ4v) is 2.00. The Bertz CT molecular complexity index is 390. The number of allylic oxidation sites excluding steroid dienone is 3. The second kappa shape index (κ2) is 6.96. The van der Waals surface area contributed by atoms with Crippen molar-refractivity contribution >= 4 is 11.8 Å². The number of hydrogen-bond acceptors (Lipinski definition) is 2. The fraction of sp³-hybridized carbons (Fsp3) is 0.143. The molecular weight excluding hydrogens is 216 g/mol. The topological polar surface area (TPSA) is 9.23 Å². The van der Waals surface area contributed by atoms with E-state index in [-0.39, 0.29) is 0 Å². The van der Waals surface area contributed by atoms with E-state index in [0.717, 1.165) is 10.7 Å². The average Bonchev–Trinajstić information content (AvgIpc) is 2.35. The Hall–Kier alpha value is -1.41. The molecule has 0 aliphatic carbocycles. The van der Waals surface area contributed by atoms with Gasteiger partial charge in [0.25, 0.3) is 0 Å². The van der Waals surface area contributed by atoms with Gasteiger partial charge in [0.15, 0.2) is 0 Å². The molecule has 84 valence electrons. The minimum Gasteiger partial charge on any atom is -0.497 e. The zero-order chi connectivity index (χ0) is 11.8. The van der Waals surface area contributed by atoms with Gasteiger partial charge in [0.1, 0.15) is 5.76 Å². The number of benzene rings is 1. The molecule has 0 unspecified atom stereocenters. The Kier molecular flexibility index (Phi) is 5.51. The van der Waals surface area contributed by atoms with E-state index < -0.39 is 0 Å². The van der Waals surface area contributed by atoms with Crippen LogP contribution in [0.5, 0.6) is 0 Å². The molecule has 0 bridgehead atoms. The summed E-state index contributed by atoms with van der Waals surface area (Å²) in [7, 11) is 1.65. The lowest BCUT2D eigenvalue weighted by molar-refractivity contribution is 0.307. The Morgan fingerprint density at radius 1 is 1.31 bits per heavy atom. The van der Waals surface area contributed by atoms with E-state index in [4.69, 9.17) is 4.74 Å². The molecule has 0 radical (unpaired) electrons. The smallest absolute Gasteiger partial charge is 0.119 e. The summed E-state index contributed by atoms with van der Waals surface area (Å²) in [5.74, 6) is 0.775. The number of thioether (sulfide) groups is 1. The third-order valence-corrected chi connectivity index (χ3v) is 3.08. The number of rotatable bonds is 5. The second-order valence-electron chi connectivity index (χ2n) is 3.06. The summed E-state index contributed by atoms with van der Waals surface area (Å²) in [5.41, 5.74) is 0. The molecule has 1 aromatic carbocycles. The molecular formula is C14H16OS. The minimum atomic E-state index is 0.775. The monoisotopic (exact) mass is 232 g/mol. The van der Waals surface area contributed by atoms with E-state index in [1.165, 1.54) is 4.90 Å². The van der Waals surface area contributed by atoms with Crippen LogP contribution in [0.25, 0.3) is 0 Å². The Labute approximate surface area is 102 Å². The van der Waals surface area contributed by atoms with Crippen molar-refractivity contribution in [2.45, 2.75) is 11.8 Å². The predicted molar refractivity (Wildman–Crippen MR) is 71.3 cm³/mol. The number of ether oxygens (including phenoxy) is 1. The van der Waals surface area contributed by atoms with E-state index in [2.05, 4.69) is 24.8 Å². The highest BCUT2D eigenvalue weighted by molar-refractivity contribution is 8.03. The van der Waals surface area contributed by atoms with Crippen LogP contribution >= 0.6 is 11.8 Å². The molecule has 0 heterocycles. The SMILES string of the molecule is C=C/C(=C\C(=C/C)Sc1ccccc1)OC. The zero-order valence-corrected chi connectivity index (χ0v) is 10.5. The van der Waals surface area contributed by atoms with Gasteiger partial charge in [-0.2, -0.15) is 0 Å². The number of methoxy groups -OCH3 is 1. The first kappa shape index (κ1) is 12.7. The van der Waals surface area contributed by atoms with E-state index in [0.29, 0.717) is 0 Å². The summed E-state index contributed by atoms with van der Waals surface area (Å²) in [4.78, 5) is 2.36. The van der Waals surface area contributed by atoms with Gasteiger partial charge in [0.05, 0.1) is 7.11 Å². The first-order valence-electron chi connectivity index (χ1n) is 5.07. The van der Waals surface area contributed by atoms with Crippen LogP contribution in [-0.4, -0.2) is 7.11 Å². The van der Waals surface area contributed by atoms with Gasteiger partial charge >= 0.3 is 0 Å². The van der Waals surface area contributed by atoms with Crippen LogP contribution in [0, 0.1) is 0 Å². The fourth-order valence-electron chi connectivity index (χ4n) is 1.14. The third-order valence-electron chi connectivity index (χ3n) is 1.98. The molecule has 0 aliphatic heterocycles. The zero-order valence-electron chi connectivity index (χ0n) is 9.64. The minimum absolute atomic E-state index is 0.775. The Morgan fingerprint density at radius 3 is 2.50 bits per heavy atom. The van der Waals surface area contributed by atoms with Crippen molar-refractivity contribution in [1.29, 1.82) is 0 Å². The van der Waals surface area contributed by atoms with Crippen molar-refractivity contribution in [3.63, 3.8) is 0 Å². The summed E-state index contributed by atoms with van der Waals surface area (Å²) in [5, 5.41) is 0. The molecule has 0 aromatic heterocycles. The molecule has 0 N–H and O–H groups in total. The maximum atomic E-state index is 5.16. The molecule has 2 heteroatoms. The quantitative estimate of drug-likeness (QED) is 0.423. The standard InChI is InChI=1S/C14H16OS/c1-4-12(15-3)11-13(5-2)16-14-9-7-6-8-10-14/h4-11H,1H2,2-3H3/b12-11+,13-5+. The van der Waals surface area contributed by atoms with Crippen molar-refractivity contribution in [3.8, 4) is 0 Å². The largest absolute Gasteiger partial charge is 0.497 e. The number of hydrogen-bond donors (Lipinski definition) is 0. The highest BCUT2D eigenvalue weighted by atomic mass is 32.2. The Balaban J connectivity index is 2.78. The lowest BCUT2D eigenvalue weighted by Gasteiger charge is -2.04. The maximum Gasteiger partial charge on any atom is 0.119 e. The van der Waals surface area contributed by atoms with Crippen LogP contribution in [0.2, 0.25) is 0 Å². The van der Waals surface area contributed by atoms with Crippen LogP contribution in [-0.2, 0) is 4.74 Å². The van der Waals surface area contributed by atoms with E-state index in [1.807, 2.05) is 31.2 Å². The van der Waals surface area contributed by atoms with Crippen LogP contribution in [0.1, 0.15) is 6.92 Å². The van der Waals surface area contributed by atoms with E-state index in [1.54, 1.807) is 24.9 Å². The highest BCUT2D eigenvalue weighted by Crippen LogP contribution is 2.27. The summed E-state index contributed by atoms with van der Waals surface area (Å²) in [6.07, 6.45) is 5.74. The van der Waals surface area contributed by atoms with Crippen LogP contribution < -0.4 is 0 Å². The van der Waals surface area contributed by atoms with Crippen LogP contribution in [0.3, 0.4) is 0 Å². The van der Waals surface area contributed by atoms with Gasteiger partial charge in [-0.25, -0.2) is 0 Å². The van der Waals surface area contributed by atoms with Gasteiger partial charge < -0.3 is 4.74 Å². The Morgan fingerprint density at radius 2 is 2.00 bits per heavy atom. The van der Waals surface area contributed by atoms with E-state index in [9.17, 15) is 0 Å². The van der Waals surface area contributed by atoms with Gasteiger partial charge in [-0.05, 0) is 31.2 Å². The van der Waals surface area contributed by atoms with Crippen molar-refractivity contribution in [1.82, 2.24) is 0 Å². The highest BCUT2D eigenvalue weighted by Gasteiger charge is 1.98. The summed E-state index contributed by atoms with van der Waals surface area (Å²) < 4.78 is 5.16. The van der Waals surface area contributed by atoms with Gasteiger partial charge in [0.2, 0.25) is 0 Å². The lowest BCUT2D eigenvalue weighted by atomic mass is 10.4. The molecule has 0 atom stereocenters.